The van der Waals surface area contributed by atoms with Crippen LogP contribution in [0.4, 0.5) is 0 Å². The van der Waals surface area contributed by atoms with Gasteiger partial charge in [-0.15, -0.1) is 0 Å². The zero-order valence-corrected chi connectivity index (χ0v) is 14.1. The standard InChI is InChI=1S/C18H21N5O2/c24-16-11-13-5-1-2-7-15(13)21-23(16)12-14-6-3-10-22(14)18(25)17-19-8-4-9-20-17/h4,8-9,11,14H,1-3,5-7,10,12H2. The normalized spacial score (nSPS) is 19.7. The van der Waals surface area contributed by atoms with Gasteiger partial charge in [-0.3, -0.25) is 9.59 Å². The van der Waals surface area contributed by atoms with Crippen molar-refractivity contribution in [1.29, 1.82) is 0 Å². The van der Waals surface area contributed by atoms with Crippen LogP contribution in [0.3, 0.4) is 0 Å². The molecule has 7 heteroatoms. The van der Waals surface area contributed by atoms with Crippen molar-refractivity contribution >= 4 is 5.91 Å². The number of hydrogen-bond acceptors (Lipinski definition) is 5. The number of carbonyl (C=O) groups excluding carboxylic acids is 1. The fraction of sp³-hybridized carbons (Fsp3) is 0.500. The molecule has 0 radical (unpaired) electrons. The first-order valence-corrected chi connectivity index (χ1v) is 8.90. The Labute approximate surface area is 145 Å². The molecule has 2 aromatic rings. The van der Waals surface area contributed by atoms with Crippen LogP contribution in [0.2, 0.25) is 0 Å². The third-order valence-electron chi connectivity index (χ3n) is 5.05. The van der Waals surface area contributed by atoms with Crippen LogP contribution < -0.4 is 5.56 Å². The summed E-state index contributed by atoms with van der Waals surface area (Å²) in [6.07, 6.45) is 9.05. The SMILES string of the molecule is O=C(c1ncccn1)N1CCCC1Cn1nc2c(cc1=O)CCCC2. The summed E-state index contributed by atoms with van der Waals surface area (Å²) in [5.74, 6) is 0.0363. The van der Waals surface area contributed by atoms with Gasteiger partial charge in [-0.2, -0.15) is 5.10 Å². The molecule has 0 aromatic carbocycles. The van der Waals surface area contributed by atoms with E-state index in [1.807, 2.05) is 0 Å². The van der Waals surface area contributed by atoms with Crippen LogP contribution in [-0.2, 0) is 19.4 Å². The molecule has 130 valence electrons. The van der Waals surface area contributed by atoms with Gasteiger partial charge in [0.1, 0.15) is 0 Å². The zero-order chi connectivity index (χ0) is 17.2. The number of fused-ring (bicyclic) bond motifs is 1. The Morgan fingerprint density at radius 2 is 1.96 bits per heavy atom. The van der Waals surface area contributed by atoms with E-state index in [1.165, 1.54) is 4.68 Å². The summed E-state index contributed by atoms with van der Waals surface area (Å²) in [6, 6.07) is 3.38. The Balaban J connectivity index is 1.56. The number of aromatic nitrogens is 4. The van der Waals surface area contributed by atoms with E-state index in [1.54, 1.807) is 29.4 Å². The van der Waals surface area contributed by atoms with Crippen molar-refractivity contribution < 1.29 is 4.79 Å². The molecular weight excluding hydrogens is 318 g/mol. The maximum atomic E-state index is 12.7. The molecule has 0 saturated carbocycles. The van der Waals surface area contributed by atoms with E-state index >= 15 is 0 Å². The monoisotopic (exact) mass is 339 g/mol. The molecule has 0 N–H and O–H groups in total. The van der Waals surface area contributed by atoms with Crippen molar-refractivity contribution in [2.45, 2.75) is 51.1 Å². The van der Waals surface area contributed by atoms with Gasteiger partial charge in [0.15, 0.2) is 0 Å². The number of likely N-dealkylation sites (tertiary alicyclic amines) is 1. The van der Waals surface area contributed by atoms with Crippen molar-refractivity contribution in [3.63, 3.8) is 0 Å². The molecule has 25 heavy (non-hydrogen) atoms. The maximum Gasteiger partial charge on any atom is 0.291 e. The summed E-state index contributed by atoms with van der Waals surface area (Å²) in [6.45, 7) is 1.10. The van der Waals surface area contributed by atoms with Crippen LogP contribution in [0.15, 0.2) is 29.3 Å². The topological polar surface area (TPSA) is 81.0 Å². The first kappa shape index (κ1) is 15.9. The molecule has 1 unspecified atom stereocenters. The van der Waals surface area contributed by atoms with Crippen LogP contribution in [0, 0.1) is 0 Å². The highest BCUT2D eigenvalue weighted by Gasteiger charge is 2.31. The molecule has 1 atom stereocenters. The lowest BCUT2D eigenvalue weighted by Crippen LogP contribution is -2.41. The van der Waals surface area contributed by atoms with Crippen molar-refractivity contribution in [1.82, 2.24) is 24.6 Å². The molecule has 0 spiro atoms. The van der Waals surface area contributed by atoms with Crippen LogP contribution in [-0.4, -0.2) is 43.1 Å². The lowest BCUT2D eigenvalue weighted by molar-refractivity contribution is 0.0707. The minimum Gasteiger partial charge on any atom is -0.331 e. The molecule has 1 fully saturated rings. The average molecular weight is 339 g/mol. The van der Waals surface area contributed by atoms with Gasteiger partial charge >= 0.3 is 0 Å². The molecule has 4 rings (SSSR count). The summed E-state index contributed by atoms with van der Waals surface area (Å²) in [5.41, 5.74) is 2.05. The van der Waals surface area contributed by atoms with E-state index in [0.29, 0.717) is 13.1 Å². The van der Waals surface area contributed by atoms with Crippen LogP contribution in [0.5, 0.6) is 0 Å². The van der Waals surface area contributed by atoms with E-state index < -0.39 is 0 Å². The molecule has 0 bridgehead atoms. The number of rotatable bonds is 3. The van der Waals surface area contributed by atoms with Crippen molar-refractivity contribution in [2.24, 2.45) is 0 Å². The molecule has 1 aliphatic heterocycles. The first-order valence-electron chi connectivity index (χ1n) is 8.90. The number of carbonyl (C=O) groups is 1. The highest BCUT2D eigenvalue weighted by molar-refractivity contribution is 5.90. The summed E-state index contributed by atoms with van der Waals surface area (Å²) in [4.78, 5) is 34.9. The highest BCUT2D eigenvalue weighted by Crippen LogP contribution is 2.21. The molecule has 3 heterocycles. The van der Waals surface area contributed by atoms with Crippen molar-refractivity contribution in [3.8, 4) is 0 Å². The minimum atomic E-state index is -0.172. The van der Waals surface area contributed by atoms with Gasteiger partial charge in [0.25, 0.3) is 11.5 Å². The molecule has 7 nitrogen and oxygen atoms in total. The summed E-state index contributed by atoms with van der Waals surface area (Å²) < 4.78 is 1.53. The van der Waals surface area contributed by atoms with E-state index in [0.717, 1.165) is 49.8 Å². The fourth-order valence-corrected chi connectivity index (χ4v) is 3.76. The largest absolute Gasteiger partial charge is 0.331 e. The number of aryl methyl sites for hydroxylation is 2. The Kier molecular flexibility index (Phi) is 4.29. The second-order valence-electron chi connectivity index (χ2n) is 6.71. The van der Waals surface area contributed by atoms with E-state index in [4.69, 9.17) is 0 Å². The summed E-state index contributed by atoms with van der Waals surface area (Å²) in [5, 5.41) is 4.58. The Bertz CT molecular complexity index is 833. The fourth-order valence-electron chi connectivity index (χ4n) is 3.76. The molecule has 1 saturated heterocycles. The second kappa shape index (κ2) is 6.74. The minimum absolute atomic E-state index is 0.0388. The third kappa shape index (κ3) is 3.18. The molecule has 2 aliphatic rings. The zero-order valence-electron chi connectivity index (χ0n) is 14.1. The van der Waals surface area contributed by atoms with Crippen LogP contribution in [0.25, 0.3) is 0 Å². The number of hydrogen-bond donors (Lipinski definition) is 0. The van der Waals surface area contributed by atoms with Gasteiger partial charge < -0.3 is 4.90 Å². The van der Waals surface area contributed by atoms with Crippen molar-refractivity contribution in [2.75, 3.05) is 6.54 Å². The van der Waals surface area contributed by atoms with E-state index in [9.17, 15) is 9.59 Å². The summed E-state index contributed by atoms with van der Waals surface area (Å²) >= 11 is 0. The number of amides is 1. The molecule has 2 aromatic heterocycles. The Morgan fingerprint density at radius 3 is 2.80 bits per heavy atom. The van der Waals surface area contributed by atoms with Crippen LogP contribution in [0.1, 0.15) is 47.6 Å². The average Bonchev–Trinajstić information content (AvgIpc) is 3.10. The van der Waals surface area contributed by atoms with Crippen molar-refractivity contribution in [3.05, 3.63) is 52.0 Å². The second-order valence-corrected chi connectivity index (χ2v) is 6.71. The van der Waals surface area contributed by atoms with Gasteiger partial charge in [-0.1, -0.05) is 0 Å². The van der Waals surface area contributed by atoms with Gasteiger partial charge in [0, 0.05) is 25.0 Å². The van der Waals surface area contributed by atoms with Crippen LogP contribution >= 0.6 is 0 Å². The lowest BCUT2D eigenvalue weighted by Gasteiger charge is -2.25. The quantitative estimate of drug-likeness (QED) is 0.840. The highest BCUT2D eigenvalue weighted by atomic mass is 16.2. The predicted octanol–water partition coefficient (Wildman–Crippen LogP) is 1.22. The maximum absolute atomic E-state index is 12.7. The Hall–Kier alpha value is -2.57. The smallest absolute Gasteiger partial charge is 0.291 e. The van der Waals surface area contributed by atoms with Gasteiger partial charge in [0.2, 0.25) is 5.82 Å². The lowest BCUT2D eigenvalue weighted by atomic mass is 9.97. The van der Waals surface area contributed by atoms with Gasteiger partial charge in [-0.25, -0.2) is 14.6 Å². The first-order chi connectivity index (χ1) is 12.2. The predicted molar refractivity (Wildman–Crippen MR) is 91.2 cm³/mol. The van der Waals surface area contributed by atoms with E-state index in [2.05, 4.69) is 15.1 Å². The van der Waals surface area contributed by atoms with Gasteiger partial charge in [0.05, 0.1) is 18.3 Å². The third-order valence-corrected chi connectivity index (χ3v) is 5.05. The van der Waals surface area contributed by atoms with E-state index in [-0.39, 0.29) is 23.3 Å². The molecular formula is C18H21N5O2. The number of nitrogens with zero attached hydrogens (tertiary/aromatic N) is 5. The molecule has 1 aliphatic carbocycles. The summed E-state index contributed by atoms with van der Waals surface area (Å²) in [7, 11) is 0. The Morgan fingerprint density at radius 1 is 1.16 bits per heavy atom. The molecule has 1 amide bonds. The van der Waals surface area contributed by atoms with Gasteiger partial charge in [-0.05, 0) is 50.2 Å².